The van der Waals surface area contributed by atoms with Gasteiger partial charge in [0.25, 0.3) is 0 Å². The molecule has 20 heavy (non-hydrogen) atoms. The molecule has 0 aromatic carbocycles. The first-order valence-electron chi connectivity index (χ1n) is 6.33. The van der Waals surface area contributed by atoms with E-state index >= 15 is 0 Å². The SMILES string of the molecule is Cc1cnc(CN2C(=O)CSC2c2ccccn2)cn1. The van der Waals surface area contributed by atoms with Crippen LogP contribution in [0.5, 0.6) is 0 Å². The molecule has 1 atom stereocenters. The van der Waals surface area contributed by atoms with Gasteiger partial charge in [0.05, 0.1) is 35.6 Å². The largest absolute Gasteiger partial charge is 0.318 e. The van der Waals surface area contributed by atoms with E-state index in [0.29, 0.717) is 12.3 Å². The second-order valence-electron chi connectivity index (χ2n) is 4.59. The molecule has 1 saturated heterocycles. The van der Waals surface area contributed by atoms with Crippen molar-refractivity contribution in [2.45, 2.75) is 18.8 Å². The fourth-order valence-electron chi connectivity index (χ4n) is 2.07. The Kier molecular flexibility index (Phi) is 3.64. The standard InChI is InChI=1S/C14H14N4OS/c1-10-6-17-11(7-16-10)8-18-13(19)9-20-14(18)12-4-2-3-5-15-12/h2-7,14H,8-9H2,1H3. The van der Waals surface area contributed by atoms with Gasteiger partial charge in [-0.25, -0.2) is 0 Å². The summed E-state index contributed by atoms with van der Waals surface area (Å²) in [7, 11) is 0. The molecular formula is C14H14N4OS. The van der Waals surface area contributed by atoms with Crippen molar-refractivity contribution < 1.29 is 4.79 Å². The van der Waals surface area contributed by atoms with Crippen LogP contribution in [0, 0.1) is 6.92 Å². The summed E-state index contributed by atoms with van der Waals surface area (Å²) in [5, 5.41) is -0.0354. The van der Waals surface area contributed by atoms with Crippen molar-refractivity contribution >= 4 is 17.7 Å². The van der Waals surface area contributed by atoms with Gasteiger partial charge in [-0.2, -0.15) is 0 Å². The molecule has 0 radical (unpaired) electrons. The number of thioether (sulfide) groups is 1. The lowest BCUT2D eigenvalue weighted by atomic mass is 10.3. The number of pyridine rings is 1. The average Bonchev–Trinajstić information content (AvgIpc) is 2.84. The van der Waals surface area contributed by atoms with Crippen LogP contribution in [0.2, 0.25) is 0 Å². The van der Waals surface area contributed by atoms with Crippen LogP contribution < -0.4 is 0 Å². The number of rotatable bonds is 3. The molecule has 5 nitrogen and oxygen atoms in total. The molecule has 2 aromatic rings. The Morgan fingerprint density at radius 1 is 1.30 bits per heavy atom. The van der Waals surface area contributed by atoms with Crippen molar-refractivity contribution in [1.82, 2.24) is 19.9 Å². The fourth-order valence-corrected chi connectivity index (χ4v) is 3.22. The Bertz CT molecular complexity index is 602. The van der Waals surface area contributed by atoms with Gasteiger partial charge in [0, 0.05) is 12.4 Å². The minimum absolute atomic E-state index is 0.0354. The lowest BCUT2D eigenvalue weighted by Crippen LogP contribution is -2.28. The molecule has 0 bridgehead atoms. The van der Waals surface area contributed by atoms with Crippen LogP contribution in [0.25, 0.3) is 0 Å². The van der Waals surface area contributed by atoms with E-state index in [2.05, 4.69) is 15.0 Å². The summed E-state index contributed by atoms with van der Waals surface area (Å²) in [4.78, 5) is 26.8. The highest BCUT2D eigenvalue weighted by Gasteiger charge is 2.33. The number of aromatic nitrogens is 3. The molecular weight excluding hydrogens is 272 g/mol. The first-order valence-corrected chi connectivity index (χ1v) is 7.38. The Hall–Kier alpha value is -1.95. The van der Waals surface area contributed by atoms with Gasteiger partial charge in [-0.3, -0.25) is 19.7 Å². The Morgan fingerprint density at radius 3 is 2.90 bits per heavy atom. The molecule has 1 amide bonds. The Balaban J connectivity index is 1.82. The highest BCUT2D eigenvalue weighted by Crippen LogP contribution is 2.38. The lowest BCUT2D eigenvalue weighted by molar-refractivity contribution is -0.128. The molecule has 3 rings (SSSR count). The second-order valence-corrected chi connectivity index (χ2v) is 5.66. The zero-order chi connectivity index (χ0) is 13.9. The molecule has 3 heterocycles. The predicted molar refractivity (Wildman–Crippen MR) is 76.8 cm³/mol. The average molecular weight is 286 g/mol. The molecule has 1 aliphatic rings. The van der Waals surface area contributed by atoms with Crippen molar-refractivity contribution in [2.75, 3.05) is 5.75 Å². The number of carbonyl (C=O) groups is 1. The number of nitrogens with zero attached hydrogens (tertiary/aromatic N) is 4. The van der Waals surface area contributed by atoms with E-state index in [1.54, 1.807) is 30.4 Å². The summed E-state index contributed by atoms with van der Waals surface area (Å²) in [6.07, 6.45) is 5.20. The predicted octanol–water partition coefficient (Wildman–Crippen LogP) is 1.95. The van der Waals surface area contributed by atoms with Crippen LogP contribution in [0.3, 0.4) is 0 Å². The van der Waals surface area contributed by atoms with Gasteiger partial charge in [0.1, 0.15) is 5.37 Å². The molecule has 0 aliphatic carbocycles. The molecule has 6 heteroatoms. The maximum atomic E-state index is 12.1. The highest BCUT2D eigenvalue weighted by atomic mass is 32.2. The fraction of sp³-hybridized carbons (Fsp3) is 0.286. The van der Waals surface area contributed by atoms with Gasteiger partial charge >= 0.3 is 0 Å². The van der Waals surface area contributed by atoms with Gasteiger partial charge in [-0.05, 0) is 19.1 Å². The van der Waals surface area contributed by atoms with Gasteiger partial charge in [0.15, 0.2) is 0 Å². The zero-order valence-electron chi connectivity index (χ0n) is 11.1. The van der Waals surface area contributed by atoms with Gasteiger partial charge < -0.3 is 4.90 Å². The minimum atomic E-state index is -0.0354. The summed E-state index contributed by atoms with van der Waals surface area (Å²) in [5.74, 6) is 0.605. The summed E-state index contributed by atoms with van der Waals surface area (Å²) in [6.45, 7) is 2.37. The Labute approximate surface area is 121 Å². The maximum absolute atomic E-state index is 12.1. The van der Waals surface area contributed by atoms with Gasteiger partial charge in [-0.15, -0.1) is 11.8 Å². The third-order valence-corrected chi connectivity index (χ3v) is 4.30. The number of aryl methyl sites for hydroxylation is 1. The summed E-state index contributed by atoms with van der Waals surface area (Å²) >= 11 is 1.60. The van der Waals surface area contributed by atoms with Crippen molar-refractivity contribution in [3.05, 3.63) is 53.9 Å². The summed E-state index contributed by atoms with van der Waals surface area (Å²) in [5.41, 5.74) is 2.58. The molecule has 102 valence electrons. The number of amides is 1. The first kappa shape index (κ1) is 13.1. The zero-order valence-corrected chi connectivity index (χ0v) is 11.9. The van der Waals surface area contributed by atoms with Crippen LogP contribution in [-0.4, -0.2) is 31.5 Å². The molecule has 1 unspecified atom stereocenters. The molecule has 1 fully saturated rings. The minimum Gasteiger partial charge on any atom is -0.318 e. The van der Waals surface area contributed by atoms with Crippen molar-refractivity contribution in [2.24, 2.45) is 0 Å². The van der Waals surface area contributed by atoms with E-state index in [9.17, 15) is 4.79 Å². The second kappa shape index (κ2) is 5.58. The smallest absolute Gasteiger partial charge is 0.234 e. The van der Waals surface area contributed by atoms with Crippen LogP contribution in [-0.2, 0) is 11.3 Å². The maximum Gasteiger partial charge on any atom is 0.234 e. The van der Waals surface area contributed by atoms with E-state index in [1.807, 2.05) is 30.0 Å². The number of hydrogen-bond acceptors (Lipinski definition) is 5. The van der Waals surface area contributed by atoms with Crippen molar-refractivity contribution in [3.8, 4) is 0 Å². The van der Waals surface area contributed by atoms with E-state index in [-0.39, 0.29) is 11.3 Å². The number of carbonyl (C=O) groups excluding carboxylic acids is 1. The molecule has 0 N–H and O–H groups in total. The quantitative estimate of drug-likeness (QED) is 0.863. The Morgan fingerprint density at radius 2 is 2.20 bits per heavy atom. The van der Waals surface area contributed by atoms with E-state index in [4.69, 9.17) is 0 Å². The normalized spacial score (nSPS) is 18.6. The van der Waals surface area contributed by atoms with Crippen molar-refractivity contribution in [3.63, 3.8) is 0 Å². The number of hydrogen-bond donors (Lipinski definition) is 0. The summed E-state index contributed by atoms with van der Waals surface area (Å²) < 4.78 is 0. The topological polar surface area (TPSA) is 59.0 Å². The van der Waals surface area contributed by atoms with E-state index in [0.717, 1.165) is 17.1 Å². The molecule has 1 aliphatic heterocycles. The van der Waals surface area contributed by atoms with Gasteiger partial charge in [0.2, 0.25) is 5.91 Å². The molecule has 0 saturated carbocycles. The van der Waals surface area contributed by atoms with Crippen molar-refractivity contribution in [1.29, 1.82) is 0 Å². The van der Waals surface area contributed by atoms with Crippen LogP contribution in [0.4, 0.5) is 0 Å². The van der Waals surface area contributed by atoms with E-state index in [1.165, 1.54) is 0 Å². The summed E-state index contributed by atoms with van der Waals surface area (Å²) in [6, 6.07) is 5.76. The lowest BCUT2D eigenvalue weighted by Gasteiger charge is -2.22. The first-order chi connectivity index (χ1) is 9.74. The van der Waals surface area contributed by atoms with Crippen LogP contribution in [0.1, 0.15) is 22.5 Å². The van der Waals surface area contributed by atoms with Crippen LogP contribution >= 0.6 is 11.8 Å². The molecule has 2 aromatic heterocycles. The molecule has 0 spiro atoms. The third-order valence-electron chi connectivity index (χ3n) is 3.08. The van der Waals surface area contributed by atoms with Gasteiger partial charge in [-0.1, -0.05) is 6.07 Å². The monoisotopic (exact) mass is 286 g/mol. The highest BCUT2D eigenvalue weighted by molar-refractivity contribution is 8.00. The van der Waals surface area contributed by atoms with Crippen LogP contribution in [0.15, 0.2) is 36.8 Å². The van der Waals surface area contributed by atoms with E-state index < -0.39 is 0 Å². The third kappa shape index (κ3) is 2.65.